The largest absolute Gasteiger partial charge is 0.482 e. The number of hydrogen-bond donors (Lipinski definition) is 3. The molecule has 3 heterocycles. The molecule has 0 saturated carbocycles. The highest BCUT2D eigenvalue weighted by Crippen LogP contribution is 2.28. The lowest BCUT2D eigenvalue weighted by atomic mass is 9.94. The first-order chi connectivity index (χ1) is 14.4. The Morgan fingerprint density at radius 2 is 2.17 bits per heavy atom. The fourth-order valence-electron chi connectivity index (χ4n) is 3.76. The van der Waals surface area contributed by atoms with Crippen LogP contribution in [0.15, 0.2) is 24.4 Å². The fourth-order valence-corrected chi connectivity index (χ4v) is 3.76. The van der Waals surface area contributed by atoms with Gasteiger partial charge in [-0.25, -0.2) is 0 Å². The van der Waals surface area contributed by atoms with E-state index in [0.29, 0.717) is 35.5 Å². The molecule has 3 amide bonds. The number of carbonyl (C=O) groups is 3. The molecule has 1 aromatic carbocycles. The molecule has 0 saturated heterocycles. The SMILES string of the molecule is CC(C)NC(=O)c1cnn2c1C[C@@H](CNC(=O)c1ccc3c(c1)OCC(=O)N3)CC2. The zero-order valence-electron chi connectivity index (χ0n) is 17.0. The van der Waals surface area contributed by atoms with Crippen molar-refractivity contribution in [1.82, 2.24) is 20.4 Å². The molecule has 1 aromatic heterocycles. The molecule has 0 aliphatic carbocycles. The number of aryl methyl sites for hydroxylation is 1. The Labute approximate surface area is 174 Å². The maximum Gasteiger partial charge on any atom is 0.262 e. The van der Waals surface area contributed by atoms with Gasteiger partial charge < -0.3 is 20.7 Å². The van der Waals surface area contributed by atoms with E-state index in [2.05, 4.69) is 21.0 Å². The molecule has 0 radical (unpaired) electrons. The molecular formula is C21H25N5O4. The smallest absolute Gasteiger partial charge is 0.262 e. The van der Waals surface area contributed by atoms with E-state index < -0.39 is 0 Å². The predicted octanol–water partition coefficient (Wildman–Crippen LogP) is 1.34. The summed E-state index contributed by atoms with van der Waals surface area (Å²) in [6, 6.07) is 5.02. The molecule has 3 N–H and O–H groups in total. The van der Waals surface area contributed by atoms with Crippen LogP contribution in [0.4, 0.5) is 5.69 Å². The van der Waals surface area contributed by atoms with Gasteiger partial charge in [0.05, 0.1) is 23.1 Å². The average Bonchev–Trinajstić information content (AvgIpc) is 3.14. The van der Waals surface area contributed by atoms with Crippen molar-refractivity contribution in [3.05, 3.63) is 41.2 Å². The summed E-state index contributed by atoms with van der Waals surface area (Å²) in [6.45, 7) is 5.01. The van der Waals surface area contributed by atoms with Gasteiger partial charge >= 0.3 is 0 Å². The van der Waals surface area contributed by atoms with Crippen LogP contribution in [0.1, 0.15) is 46.7 Å². The summed E-state index contributed by atoms with van der Waals surface area (Å²) in [5.74, 6) is 0.187. The van der Waals surface area contributed by atoms with Crippen LogP contribution in [0.3, 0.4) is 0 Å². The second kappa shape index (κ2) is 8.17. The summed E-state index contributed by atoms with van der Waals surface area (Å²) >= 11 is 0. The molecule has 0 bridgehead atoms. The van der Waals surface area contributed by atoms with E-state index in [9.17, 15) is 14.4 Å². The Hall–Kier alpha value is -3.36. The van der Waals surface area contributed by atoms with Gasteiger partial charge in [0, 0.05) is 24.7 Å². The molecular weight excluding hydrogens is 386 g/mol. The molecule has 0 fully saturated rings. The number of ether oxygens (including phenoxy) is 1. The minimum Gasteiger partial charge on any atom is -0.482 e. The lowest BCUT2D eigenvalue weighted by molar-refractivity contribution is -0.118. The molecule has 9 heteroatoms. The molecule has 9 nitrogen and oxygen atoms in total. The third-order valence-corrected chi connectivity index (χ3v) is 5.27. The summed E-state index contributed by atoms with van der Waals surface area (Å²) in [5, 5.41) is 12.9. The third-order valence-electron chi connectivity index (χ3n) is 5.27. The number of aromatic nitrogens is 2. The predicted molar refractivity (Wildman–Crippen MR) is 110 cm³/mol. The number of fused-ring (bicyclic) bond motifs is 2. The van der Waals surface area contributed by atoms with E-state index in [1.807, 2.05) is 18.5 Å². The number of rotatable bonds is 5. The Morgan fingerprint density at radius 1 is 1.33 bits per heavy atom. The van der Waals surface area contributed by atoms with Crippen LogP contribution in [0, 0.1) is 5.92 Å². The first-order valence-electron chi connectivity index (χ1n) is 10.1. The minimum atomic E-state index is -0.210. The molecule has 1 atom stereocenters. The molecule has 158 valence electrons. The van der Waals surface area contributed by atoms with E-state index in [1.165, 1.54) is 0 Å². The lowest BCUT2D eigenvalue weighted by Crippen LogP contribution is -2.35. The Morgan fingerprint density at radius 3 is 2.97 bits per heavy atom. The molecule has 0 spiro atoms. The van der Waals surface area contributed by atoms with Crippen LogP contribution in [-0.4, -0.2) is 46.7 Å². The van der Waals surface area contributed by atoms with E-state index >= 15 is 0 Å². The van der Waals surface area contributed by atoms with Crippen LogP contribution < -0.4 is 20.7 Å². The maximum absolute atomic E-state index is 12.6. The number of benzene rings is 1. The zero-order valence-corrected chi connectivity index (χ0v) is 17.0. The van der Waals surface area contributed by atoms with Gasteiger partial charge in [-0.3, -0.25) is 19.1 Å². The minimum absolute atomic E-state index is 0.0550. The van der Waals surface area contributed by atoms with Gasteiger partial charge in [0.1, 0.15) is 5.75 Å². The van der Waals surface area contributed by atoms with Gasteiger partial charge in [-0.15, -0.1) is 0 Å². The van der Waals surface area contributed by atoms with Gasteiger partial charge in [-0.2, -0.15) is 5.10 Å². The van der Waals surface area contributed by atoms with Gasteiger partial charge in [0.15, 0.2) is 6.61 Å². The second-order valence-corrected chi connectivity index (χ2v) is 7.97. The van der Waals surface area contributed by atoms with Crippen LogP contribution in [0.25, 0.3) is 0 Å². The number of nitrogens with one attached hydrogen (secondary N) is 3. The summed E-state index contributed by atoms with van der Waals surface area (Å²) in [6.07, 6.45) is 3.18. The summed E-state index contributed by atoms with van der Waals surface area (Å²) < 4.78 is 7.25. The van der Waals surface area contributed by atoms with Crippen LogP contribution in [0.2, 0.25) is 0 Å². The first kappa shape index (κ1) is 19.9. The number of nitrogens with zero attached hydrogens (tertiary/aromatic N) is 2. The monoisotopic (exact) mass is 411 g/mol. The lowest BCUT2D eigenvalue weighted by Gasteiger charge is -2.24. The molecule has 2 aromatic rings. The number of anilines is 1. The fraction of sp³-hybridized carbons (Fsp3) is 0.429. The highest BCUT2D eigenvalue weighted by Gasteiger charge is 2.26. The summed E-state index contributed by atoms with van der Waals surface area (Å²) in [7, 11) is 0. The molecule has 2 aliphatic heterocycles. The van der Waals surface area contributed by atoms with Crippen molar-refractivity contribution in [3.63, 3.8) is 0 Å². The van der Waals surface area contributed by atoms with E-state index in [1.54, 1.807) is 24.4 Å². The van der Waals surface area contributed by atoms with E-state index in [4.69, 9.17) is 4.74 Å². The summed E-state index contributed by atoms with van der Waals surface area (Å²) in [5.41, 5.74) is 2.56. The van der Waals surface area contributed by atoms with Crippen molar-refractivity contribution in [2.24, 2.45) is 5.92 Å². The summed E-state index contributed by atoms with van der Waals surface area (Å²) in [4.78, 5) is 36.4. The highest BCUT2D eigenvalue weighted by molar-refractivity contribution is 5.99. The second-order valence-electron chi connectivity index (χ2n) is 7.97. The molecule has 2 aliphatic rings. The number of amides is 3. The van der Waals surface area contributed by atoms with Gasteiger partial charge in [0.2, 0.25) is 0 Å². The van der Waals surface area contributed by atoms with Crippen molar-refractivity contribution in [3.8, 4) is 5.75 Å². The Kier molecular flexibility index (Phi) is 5.43. The van der Waals surface area contributed by atoms with Crippen molar-refractivity contribution >= 4 is 23.4 Å². The standard InChI is InChI=1S/C21H25N5O4/c1-12(2)24-21(29)15-10-23-26-6-5-13(7-17(15)26)9-22-20(28)14-3-4-16-18(8-14)30-11-19(27)25-16/h3-4,8,10,12-13H,5-7,9,11H2,1-2H3,(H,22,28)(H,24,29)(H,25,27)/t13-/m0/s1. The molecule has 0 unspecified atom stereocenters. The van der Waals surface area contributed by atoms with Crippen molar-refractivity contribution in [1.29, 1.82) is 0 Å². The first-order valence-corrected chi connectivity index (χ1v) is 10.1. The van der Waals surface area contributed by atoms with Crippen molar-refractivity contribution in [2.45, 2.75) is 39.3 Å². The zero-order chi connectivity index (χ0) is 21.3. The average molecular weight is 411 g/mol. The molecule has 30 heavy (non-hydrogen) atoms. The van der Waals surface area contributed by atoms with Crippen molar-refractivity contribution in [2.75, 3.05) is 18.5 Å². The van der Waals surface area contributed by atoms with Gasteiger partial charge in [-0.1, -0.05) is 0 Å². The van der Waals surface area contributed by atoms with E-state index in [-0.39, 0.29) is 36.3 Å². The van der Waals surface area contributed by atoms with Crippen LogP contribution in [-0.2, 0) is 17.8 Å². The van der Waals surface area contributed by atoms with Crippen LogP contribution >= 0.6 is 0 Å². The maximum atomic E-state index is 12.6. The van der Waals surface area contributed by atoms with Gasteiger partial charge in [0.25, 0.3) is 17.7 Å². The molecule has 4 rings (SSSR count). The third kappa shape index (κ3) is 4.14. The van der Waals surface area contributed by atoms with Crippen LogP contribution in [0.5, 0.6) is 5.75 Å². The quantitative estimate of drug-likeness (QED) is 0.687. The Balaban J connectivity index is 1.38. The number of carbonyl (C=O) groups excluding carboxylic acids is 3. The van der Waals surface area contributed by atoms with Gasteiger partial charge in [-0.05, 0) is 50.8 Å². The van der Waals surface area contributed by atoms with E-state index in [0.717, 1.165) is 18.7 Å². The van der Waals surface area contributed by atoms with Crippen molar-refractivity contribution < 1.29 is 19.1 Å². The number of hydrogen-bond acceptors (Lipinski definition) is 5. The Bertz CT molecular complexity index is 997. The normalized spacial score (nSPS) is 17.4. The highest BCUT2D eigenvalue weighted by atomic mass is 16.5. The topological polar surface area (TPSA) is 114 Å².